The van der Waals surface area contributed by atoms with Crippen molar-refractivity contribution >= 4 is 0 Å². The average Bonchev–Trinajstić information content (AvgIpc) is 3.10. The Balaban J connectivity index is 3.04. The second-order valence-electron chi connectivity index (χ2n) is 11.4. The Morgan fingerprint density at radius 1 is 0.250 bits per heavy atom. The van der Waals surface area contributed by atoms with Crippen molar-refractivity contribution in [2.45, 2.75) is 77.6 Å². The minimum Gasteiger partial charge on any atom is -0.379 e. The van der Waals surface area contributed by atoms with Crippen LogP contribution in [0.5, 0.6) is 0 Å². The van der Waals surface area contributed by atoms with Crippen molar-refractivity contribution in [2.24, 2.45) is 0 Å². The van der Waals surface area contributed by atoms with E-state index in [1.165, 1.54) is 64.2 Å². The van der Waals surface area contributed by atoms with Crippen molar-refractivity contribution in [3.8, 4) is 0 Å². The van der Waals surface area contributed by atoms with E-state index in [-0.39, 0.29) is 0 Å². The number of ether oxygens (including phenoxy) is 11. The van der Waals surface area contributed by atoms with Crippen molar-refractivity contribution in [1.29, 1.82) is 0 Å². The van der Waals surface area contributed by atoms with Gasteiger partial charge in [0, 0.05) is 13.2 Å². The van der Waals surface area contributed by atoms with Gasteiger partial charge >= 0.3 is 0 Å². The van der Waals surface area contributed by atoms with Crippen LogP contribution < -0.4 is 5.32 Å². The molecule has 12 heteroatoms. The zero-order chi connectivity index (χ0) is 34.5. The highest BCUT2D eigenvalue weighted by Gasteiger charge is 1.97. The molecule has 0 saturated carbocycles. The summed E-state index contributed by atoms with van der Waals surface area (Å²) in [6, 6.07) is 0. The number of rotatable bonds is 45. The molecule has 0 saturated heterocycles. The highest BCUT2D eigenvalue weighted by atomic mass is 16.6. The van der Waals surface area contributed by atoms with Crippen molar-refractivity contribution in [1.82, 2.24) is 5.32 Å². The highest BCUT2D eigenvalue weighted by Crippen LogP contribution is 2.11. The van der Waals surface area contributed by atoms with E-state index in [9.17, 15) is 0 Å². The summed E-state index contributed by atoms with van der Waals surface area (Å²) < 4.78 is 60.5. The molecular formula is C36H75NO11. The molecule has 0 amide bonds. The monoisotopic (exact) mass is 698 g/mol. The Hall–Kier alpha value is -0.480. The maximum Gasteiger partial charge on any atom is 0.0701 e. The first-order chi connectivity index (χ1) is 23.9. The van der Waals surface area contributed by atoms with E-state index < -0.39 is 0 Å². The molecule has 0 bridgehead atoms. The second-order valence-corrected chi connectivity index (χ2v) is 11.4. The van der Waals surface area contributed by atoms with Crippen molar-refractivity contribution in [3.05, 3.63) is 0 Å². The summed E-state index contributed by atoms with van der Waals surface area (Å²) in [5.74, 6) is 0. The number of unbranched alkanes of at least 4 members (excludes halogenated alkanes) is 10. The van der Waals surface area contributed by atoms with Crippen LogP contribution in [0.2, 0.25) is 0 Å². The average molecular weight is 698 g/mol. The van der Waals surface area contributed by atoms with Crippen LogP contribution >= 0.6 is 0 Å². The summed E-state index contributed by atoms with van der Waals surface area (Å²) in [7, 11) is 1.90. The molecule has 0 unspecified atom stereocenters. The van der Waals surface area contributed by atoms with Crippen LogP contribution in [0.1, 0.15) is 77.6 Å². The fourth-order valence-electron chi connectivity index (χ4n) is 4.34. The third-order valence-corrected chi connectivity index (χ3v) is 7.11. The fourth-order valence-corrected chi connectivity index (χ4v) is 4.34. The van der Waals surface area contributed by atoms with Crippen LogP contribution in [0, 0.1) is 0 Å². The number of hydrogen-bond donors (Lipinski definition) is 1. The molecule has 48 heavy (non-hydrogen) atoms. The molecule has 0 atom stereocenters. The first-order valence-corrected chi connectivity index (χ1v) is 18.9. The van der Waals surface area contributed by atoms with E-state index in [0.717, 1.165) is 19.6 Å². The molecule has 0 aromatic rings. The van der Waals surface area contributed by atoms with Gasteiger partial charge in [0.15, 0.2) is 0 Å². The molecule has 290 valence electrons. The summed E-state index contributed by atoms with van der Waals surface area (Å²) in [5.41, 5.74) is 0. The minimum absolute atomic E-state index is 0.525. The molecule has 0 aromatic heterocycles. The molecule has 1 N–H and O–H groups in total. The van der Waals surface area contributed by atoms with Gasteiger partial charge in [-0.3, -0.25) is 0 Å². The topological polar surface area (TPSA) is 114 Å². The molecule has 12 nitrogen and oxygen atoms in total. The van der Waals surface area contributed by atoms with Crippen LogP contribution in [0.25, 0.3) is 0 Å². The summed E-state index contributed by atoms with van der Waals surface area (Å²) in [6.45, 7) is 15.7. The smallest absolute Gasteiger partial charge is 0.0701 e. The van der Waals surface area contributed by atoms with Gasteiger partial charge in [0.1, 0.15) is 0 Å². The number of likely N-dealkylation sites (N-methyl/N-ethyl adjacent to an activating group) is 1. The first-order valence-electron chi connectivity index (χ1n) is 18.9. The van der Waals surface area contributed by atoms with Crippen LogP contribution in [0.15, 0.2) is 0 Å². The predicted octanol–water partition coefficient (Wildman–Crippen LogP) is 4.70. The second kappa shape index (κ2) is 46.5. The lowest BCUT2D eigenvalue weighted by atomic mass is 10.1. The molecule has 0 rings (SSSR count). The maximum absolute atomic E-state index is 5.66. The van der Waals surface area contributed by atoms with Gasteiger partial charge in [-0.2, -0.15) is 0 Å². The van der Waals surface area contributed by atoms with E-state index in [4.69, 9.17) is 52.1 Å². The Labute approximate surface area is 293 Å². The summed E-state index contributed by atoms with van der Waals surface area (Å²) in [5, 5.41) is 3.02. The zero-order valence-electron chi connectivity index (χ0n) is 31.0. The number of nitrogens with one attached hydrogen (secondary N) is 1. The van der Waals surface area contributed by atoms with Crippen LogP contribution in [0.4, 0.5) is 0 Å². The largest absolute Gasteiger partial charge is 0.379 e. The first kappa shape index (κ1) is 47.5. The molecule has 0 aliphatic carbocycles. The number of hydrogen-bond acceptors (Lipinski definition) is 12. The Morgan fingerprint density at radius 3 is 0.708 bits per heavy atom. The molecular weight excluding hydrogens is 622 g/mol. The SMILES string of the molecule is CCCCCCCCCCCCCOCCOCCOCCOCCOCCOCCOCCOCCOCCOCCOCCNC. The van der Waals surface area contributed by atoms with Gasteiger partial charge in [0.05, 0.1) is 139 Å². The third kappa shape index (κ3) is 45.5. The van der Waals surface area contributed by atoms with Crippen LogP contribution in [-0.2, 0) is 52.1 Å². The fraction of sp³-hybridized carbons (Fsp3) is 1.00. The Kier molecular flexibility index (Phi) is 46.1. The minimum atomic E-state index is 0.525. The van der Waals surface area contributed by atoms with Crippen molar-refractivity contribution in [2.75, 3.05) is 159 Å². The Morgan fingerprint density at radius 2 is 0.458 bits per heavy atom. The third-order valence-electron chi connectivity index (χ3n) is 7.11. The lowest BCUT2D eigenvalue weighted by molar-refractivity contribution is -0.0274. The van der Waals surface area contributed by atoms with E-state index in [0.29, 0.717) is 139 Å². The molecule has 0 aliphatic heterocycles. The standard InChI is InChI=1S/C36H75NO11/c1-3-4-5-6-7-8-9-10-11-12-13-15-38-17-19-40-21-23-42-25-27-44-29-31-46-33-35-48-36-34-47-32-30-45-28-26-43-24-22-41-20-18-39-16-14-37-2/h37H,3-36H2,1-2H3. The van der Waals surface area contributed by atoms with E-state index in [1.54, 1.807) is 0 Å². The van der Waals surface area contributed by atoms with Crippen LogP contribution in [0.3, 0.4) is 0 Å². The van der Waals surface area contributed by atoms with Gasteiger partial charge < -0.3 is 57.4 Å². The lowest BCUT2D eigenvalue weighted by Gasteiger charge is -2.09. The summed E-state index contributed by atoms with van der Waals surface area (Å²) in [6.07, 6.45) is 14.9. The molecule has 0 aliphatic rings. The van der Waals surface area contributed by atoms with Gasteiger partial charge in [-0.15, -0.1) is 0 Å². The van der Waals surface area contributed by atoms with Crippen molar-refractivity contribution < 1.29 is 52.1 Å². The molecule has 0 aromatic carbocycles. The quantitative estimate of drug-likeness (QED) is 0.0891. The van der Waals surface area contributed by atoms with E-state index >= 15 is 0 Å². The van der Waals surface area contributed by atoms with E-state index in [1.807, 2.05) is 7.05 Å². The molecule has 0 heterocycles. The van der Waals surface area contributed by atoms with Gasteiger partial charge in [-0.05, 0) is 13.5 Å². The Bertz CT molecular complexity index is 506. The van der Waals surface area contributed by atoms with Crippen LogP contribution in [-0.4, -0.2) is 159 Å². The molecule has 0 fully saturated rings. The summed E-state index contributed by atoms with van der Waals surface area (Å²) >= 11 is 0. The lowest BCUT2D eigenvalue weighted by Crippen LogP contribution is -2.17. The van der Waals surface area contributed by atoms with E-state index in [2.05, 4.69) is 12.2 Å². The van der Waals surface area contributed by atoms with Gasteiger partial charge in [0.2, 0.25) is 0 Å². The maximum atomic E-state index is 5.66. The highest BCUT2D eigenvalue weighted by molar-refractivity contribution is 4.48. The molecule has 0 radical (unpaired) electrons. The normalized spacial score (nSPS) is 11.6. The van der Waals surface area contributed by atoms with Gasteiger partial charge in [-0.1, -0.05) is 71.1 Å². The predicted molar refractivity (Wildman–Crippen MR) is 189 cm³/mol. The van der Waals surface area contributed by atoms with Gasteiger partial charge in [0.25, 0.3) is 0 Å². The summed E-state index contributed by atoms with van der Waals surface area (Å²) in [4.78, 5) is 0. The zero-order valence-corrected chi connectivity index (χ0v) is 31.0. The molecule has 0 spiro atoms. The van der Waals surface area contributed by atoms with Crippen molar-refractivity contribution in [3.63, 3.8) is 0 Å². The van der Waals surface area contributed by atoms with Gasteiger partial charge in [-0.25, -0.2) is 0 Å².